The number of hydrogen-bond donors (Lipinski definition) is 2. The number of hydrogen-bond acceptors (Lipinski definition) is 5. The lowest BCUT2D eigenvalue weighted by atomic mass is 10.1. The van der Waals surface area contributed by atoms with E-state index in [1.807, 2.05) is 66.3 Å². The highest BCUT2D eigenvalue weighted by molar-refractivity contribution is 5.60. The fraction of sp³-hybridized carbons (Fsp3) is 0.190. The quantitative estimate of drug-likeness (QED) is 0.513. The highest BCUT2D eigenvalue weighted by Gasteiger charge is 2.07. The molecule has 0 amide bonds. The average Bonchev–Trinajstić information content (AvgIpc) is 3.41. The van der Waals surface area contributed by atoms with Gasteiger partial charge in [0, 0.05) is 48.9 Å². The fourth-order valence-corrected chi connectivity index (χ4v) is 2.82. The lowest BCUT2D eigenvalue weighted by Gasteiger charge is -2.07. The van der Waals surface area contributed by atoms with Gasteiger partial charge in [-0.05, 0) is 48.4 Å². The monoisotopic (exact) mass is 375 g/mol. The zero-order valence-corrected chi connectivity index (χ0v) is 15.5. The number of aromatic amines is 1. The number of benzene rings is 1. The second-order valence-corrected chi connectivity index (χ2v) is 6.68. The molecule has 7 heteroatoms. The molecule has 28 heavy (non-hydrogen) atoms. The molecule has 3 aromatic heterocycles. The van der Waals surface area contributed by atoms with Crippen LogP contribution in [0.5, 0.6) is 11.6 Å². The third kappa shape index (κ3) is 4.10. The molecule has 0 aliphatic heterocycles. The number of aliphatic hydroxyl groups excluding tert-OH is 1. The highest BCUT2D eigenvalue weighted by Crippen LogP contribution is 2.25. The van der Waals surface area contributed by atoms with E-state index in [-0.39, 0.29) is 12.5 Å². The standard InChI is InChI=1S/C21H21N5O2/c1-15(14-27)13-26-11-9-20(25-26)16-2-5-18(6-3-16)28-21-7-4-17(12-22-21)19-8-10-23-24-19/h2-12,15,27H,13-14H2,1H3,(H,23,24)/t15-/m0/s1. The highest BCUT2D eigenvalue weighted by atomic mass is 16.5. The summed E-state index contributed by atoms with van der Waals surface area (Å²) in [5.74, 6) is 1.40. The van der Waals surface area contributed by atoms with Crippen molar-refractivity contribution in [2.24, 2.45) is 5.92 Å². The molecule has 0 saturated heterocycles. The van der Waals surface area contributed by atoms with Crippen molar-refractivity contribution in [3.63, 3.8) is 0 Å². The fourth-order valence-electron chi connectivity index (χ4n) is 2.82. The third-order valence-electron chi connectivity index (χ3n) is 4.36. The van der Waals surface area contributed by atoms with Crippen LogP contribution in [0.1, 0.15) is 6.92 Å². The van der Waals surface area contributed by atoms with Gasteiger partial charge in [0.15, 0.2) is 0 Å². The summed E-state index contributed by atoms with van der Waals surface area (Å²) < 4.78 is 7.67. The van der Waals surface area contributed by atoms with Crippen LogP contribution in [0.25, 0.3) is 22.5 Å². The van der Waals surface area contributed by atoms with Gasteiger partial charge in [0.25, 0.3) is 0 Å². The van der Waals surface area contributed by atoms with Gasteiger partial charge in [-0.3, -0.25) is 9.78 Å². The van der Waals surface area contributed by atoms with Crippen molar-refractivity contribution < 1.29 is 9.84 Å². The van der Waals surface area contributed by atoms with Crippen LogP contribution in [0.3, 0.4) is 0 Å². The van der Waals surface area contributed by atoms with Crippen LogP contribution >= 0.6 is 0 Å². The van der Waals surface area contributed by atoms with Crippen molar-refractivity contribution in [1.82, 2.24) is 25.0 Å². The van der Waals surface area contributed by atoms with E-state index in [2.05, 4.69) is 20.3 Å². The van der Waals surface area contributed by atoms with Crippen molar-refractivity contribution >= 4 is 0 Å². The Labute approximate surface area is 162 Å². The summed E-state index contributed by atoms with van der Waals surface area (Å²) in [4.78, 5) is 4.34. The molecule has 0 aliphatic rings. The van der Waals surface area contributed by atoms with E-state index >= 15 is 0 Å². The smallest absolute Gasteiger partial charge is 0.219 e. The minimum atomic E-state index is 0.151. The Kier molecular flexibility index (Phi) is 5.16. The van der Waals surface area contributed by atoms with Crippen LogP contribution in [-0.4, -0.2) is 36.7 Å². The zero-order valence-electron chi connectivity index (χ0n) is 15.5. The van der Waals surface area contributed by atoms with E-state index in [0.29, 0.717) is 18.2 Å². The molecule has 0 unspecified atom stereocenters. The van der Waals surface area contributed by atoms with E-state index < -0.39 is 0 Å². The zero-order chi connectivity index (χ0) is 19.3. The van der Waals surface area contributed by atoms with E-state index in [0.717, 1.165) is 22.5 Å². The Morgan fingerprint density at radius 1 is 1.04 bits per heavy atom. The second-order valence-electron chi connectivity index (χ2n) is 6.68. The second kappa shape index (κ2) is 8.06. The molecule has 142 valence electrons. The maximum atomic E-state index is 9.17. The minimum absolute atomic E-state index is 0.151. The number of rotatable bonds is 7. The largest absolute Gasteiger partial charge is 0.439 e. The van der Waals surface area contributed by atoms with Crippen LogP contribution in [0.15, 0.2) is 67.1 Å². The van der Waals surface area contributed by atoms with Crippen LogP contribution in [0.4, 0.5) is 0 Å². The molecule has 4 aromatic rings. The Morgan fingerprint density at radius 2 is 1.86 bits per heavy atom. The van der Waals surface area contributed by atoms with Gasteiger partial charge in [-0.2, -0.15) is 10.2 Å². The van der Waals surface area contributed by atoms with E-state index in [4.69, 9.17) is 4.74 Å². The van der Waals surface area contributed by atoms with Gasteiger partial charge < -0.3 is 9.84 Å². The first-order valence-corrected chi connectivity index (χ1v) is 9.10. The summed E-state index contributed by atoms with van der Waals surface area (Å²) >= 11 is 0. The number of aliphatic hydroxyl groups is 1. The molecule has 1 atom stereocenters. The van der Waals surface area contributed by atoms with E-state index in [1.165, 1.54) is 0 Å². The van der Waals surface area contributed by atoms with E-state index in [1.54, 1.807) is 12.4 Å². The summed E-state index contributed by atoms with van der Waals surface area (Å²) in [7, 11) is 0. The number of pyridine rings is 1. The molecule has 0 spiro atoms. The summed E-state index contributed by atoms with van der Waals surface area (Å²) in [5, 5.41) is 20.7. The maximum absolute atomic E-state index is 9.17. The summed E-state index contributed by atoms with van der Waals surface area (Å²) in [6, 6.07) is 15.3. The lowest BCUT2D eigenvalue weighted by Crippen LogP contribution is -2.11. The van der Waals surface area contributed by atoms with Gasteiger partial charge in [-0.25, -0.2) is 4.98 Å². The van der Waals surface area contributed by atoms with Gasteiger partial charge >= 0.3 is 0 Å². The first-order valence-electron chi connectivity index (χ1n) is 9.10. The van der Waals surface area contributed by atoms with Crippen LogP contribution < -0.4 is 4.74 Å². The first kappa shape index (κ1) is 17.9. The van der Waals surface area contributed by atoms with Crippen molar-refractivity contribution in [1.29, 1.82) is 0 Å². The maximum Gasteiger partial charge on any atom is 0.219 e. The molecule has 0 saturated carbocycles. The lowest BCUT2D eigenvalue weighted by molar-refractivity contribution is 0.219. The van der Waals surface area contributed by atoms with E-state index in [9.17, 15) is 5.11 Å². The SMILES string of the molecule is C[C@H](CO)Cn1ccc(-c2ccc(Oc3ccc(-c4cc[nH]n4)cn3)cc2)n1. The third-order valence-corrected chi connectivity index (χ3v) is 4.36. The normalized spacial score (nSPS) is 12.1. The number of nitrogens with one attached hydrogen (secondary N) is 1. The Bertz CT molecular complexity index is 1010. The minimum Gasteiger partial charge on any atom is -0.439 e. The van der Waals surface area contributed by atoms with Gasteiger partial charge in [0.1, 0.15) is 5.75 Å². The summed E-state index contributed by atoms with van der Waals surface area (Å²) in [5.41, 5.74) is 3.66. The molecular formula is C21H21N5O2. The number of nitrogens with zero attached hydrogens (tertiary/aromatic N) is 4. The molecule has 3 heterocycles. The van der Waals surface area contributed by atoms with Crippen LogP contribution in [-0.2, 0) is 6.54 Å². The predicted octanol–water partition coefficient (Wildman–Crippen LogP) is 3.76. The topological polar surface area (TPSA) is 88.9 Å². The number of H-pyrrole nitrogens is 1. The van der Waals surface area contributed by atoms with Gasteiger partial charge in [0.2, 0.25) is 5.88 Å². The number of ether oxygens (including phenoxy) is 1. The van der Waals surface area contributed by atoms with Crippen LogP contribution in [0, 0.1) is 5.92 Å². The van der Waals surface area contributed by atoms with Crippen molar-refractivity contribution in [3.05, 3.63) is 67.1 Å². The average molecular weight is 375 g/mol. The van der Waals surface area contributed by atoms with Gasteiger partial charge in [0.05, 0.1) is 11.4 Å². The molecule has 1 aromatic carbocycles. The molecule has 0 bridgehead atoms. The van der Waals surface area contributed by atoms with Gasteiger partial charge in [-0.15, -0.1) is 0 Å². The molecule has 0 aliphatic carbocycles. The Morgan fingerprint density at radius 3 is 2.54 bits per heavy atom. The Hall–Kier alpha value is -3.45. The Balaban J connectivity index is 1.42. The number of aromatic nitrogens is 5. The predicted molar refractivity (Wildman–Crippen MR) is 106 cm³/mol. The molecular weight excluding hydrogens is 354 g/mol. The van der Waals surface area contributed by atoms with Crippen molar-refractivity contribution in [2.45, 2.75) is 13.5 Å². The molecule has 0 fully saturated rings. The molecule has 7 nitrogen and oxygen atoms in total. The molecule has 4 rings (SSSR count). The summed E-state index contributed by atoms with van der Waals surface area (Å²) in [6.07, 6.45) is 5.44. The first-order chi connectivity index (χ1) is 13.7. The van der Waals surface area contributed by atoms with Crippen molar-refractivity contribution in [3.8, 4) is 34.1 Å². The van der Waals surface area contributed by atoms with Crippen molar-refractivity contribution in [2.75, 3.05) is 6.61 Å². The van der Waals surface area contributed by atoms with Crippen LogP contribution in [0.2, 0.25) is 0 Å². The van der Waals surface area contributed by atoms with Gasteiger partial charge in [-0.1, -0.05) is 6.92 Å². The molecule has 2 N–H and O–H groups in total. The summed E-state index contributed by atoms with van der Waals surface area (Å²) in [6.45, 7) is 2.83. The molecule has 0 radical (unpaired) electrons.